The van der Waals surface area contributed by atoms with E-state index in [0.717, 1.165) is 38.5 Å². The van der Waals surface area contributed by atoms with Crippen molar-refractivity contribution in [1.82, 2.24) is 0 Å². The van der Waals surface area contributed by atoms with Crippen molar-refractivity contribution in [3.05, 3.63) is 48.6 Å². The molecule has 0 bridgehead atoms. The van der Waals surface area contributed by atoms with Gasteiger partial charge in [-0.05, 0) is 44.9 Å². The molecule has 9 heteroatoms. The van der Waals surface area contributed by atoms with Gasteiger partial charge in [-0.25, -0.2) is 4.57 Å². The molecule has 0 aliphatic carbocycles. The van der Waals surface area contributed by atoms with Crippen molar-refractivity contribution in [2.45, 2.75) is 77.7 Å². The molecule has 0 aliphatic rings. The maximum atomic E-state index is 12.0. The van der Waals surface area contributed by atoms with Crippen LogP contribution in [0.25, 0.3) is 0 Å². The molecule has 0 aliphatic heterocycles. The third-order valence-electron chi connectivity index (χ3n) is 4.17. The van der Waals surface area contributed by atoms with Gasteiger partial charge in [0.25, 0.3) is 0 Å². The molecule has 0 aromatic carbocycles. The molecule has 0 saturated carbocycles. The fourth-order valence-electron chi connectivity index (χ4n) is 2.46. The lowest BCUT2D eigenvalue weighted by molar-refractivity contribution is -0.161. The second kappa shape index (κ2) is 20.6. The highest BCUT2D eigenvalue weighted by molar-refractivity contribution is 7.46. The number of ether oxygens (including phenoxy) is 2. The second-order valence-corrected chi connectivity index (χ2v) is 8.42. The number of hydrogen-bond acceptors (Lipinski definition) is 6. The van der Waals surface area contributed by atoms with Gasteiger partial charge < -0.3 is 19.3 Å². The molecule has 33 heavy (non-hydrogen) atoms. The second-order valence-electron chi connectivity index (χ2n) is 7.18. The van der Waals surface area contributed by atoms with Gasteiger partial charge in [-0.3, -0.25) is 14.1 Å². The van der Waals surface area contributed by atoms with Crippen molar-refractivity contribution < 1.29 is 37.9 Å². The molecule has 8 nitrogen and oxygen atoms in total. The Morgan fingerprint density at radius 2 is 1.39 bits per heavy atom. The number of allylic oxidation sites excluding steroid dienone is 8. The molecule has 0 heterocycles. The third-order valence-corrected chi connectivity index (χ3v) is 4.65. The Balaban J connectivity index is 4.02. The third kappa shape index (κ3) is 23.0. The van der Waals surface area contributed by atoms with Crippen molar-refractivity contribution in [3.63, 3.8) is 0 Å². The molecule has 2 N–H and O–H groups in total. The van der Waals surface area contributed by atoms with E-state index in [2.05, 4.69) is 60.1 Å². The van der Waals surface area contributed by atoms with Crippen LogP contribution in [0.15, 0.2) is 48.6 Å². The van der Waals surface area contributed by atoms with Crippen LogP contribution in [0.1, 0.15) is 71.6 Å². The van der Waals surface area contributed by atoms with E-state index in [9.17, 15) is 14.2 Å². The minimum atomic E-state index is -4.72. The summed E-state index contributed by atoms with van der Waals surface area (Å²) in [7, 11) is -4.72. The summed E-state index contributed by atoms with van der Waals surface area (Å²) in [6.45, 7) is 2.84. The summed E-state index contributed by atoms with van der Waals surface area (Å²) in [6.07, 6.45) is 22.3. The van der Waals surface area contributed by atoms with Gasteiger partial charge in [0.2, 0.25) is 0 Å². The molecular formula is C24H39O8P. The van der Waals surface area contributed by atoms with Crippen LogP contribution in [0.4, 0.5) is 0 Å². The summed E-state index contributed by atoms with van der Waals surface area (Å²) in [5.74, 6) is -1.04. The first kappa shape index (κ1) is 31.0. The highest BCUT2D eigenvalue weighted by Gasteiger charge is 2.22. The lowest BCUT2D eigenvalue weighted by Gasteiger charge is -2.18. The quantitative estimate of drug-likeness (QED) is 0.109. The number of carbonyl (C=O) groups excluding carboxylic acids is 2. The normalized spacial score (nSPS) is 13.5. The van der Waals surface area contributed by atoms with Crippen LogP contribution in [0.2, 0.25) is 0 Å². The van der Waals surface area contributed by atoms with Gasteiger partial charge >= 0.3 is 19.8 Å². The smallest absolute Gasteiger partial charge is 0.462 e. The zero-order chi connectivity index (χ0) is 24.8. The summed E-state index contributed by atoms with van der Waals surface area (Å²) in [5, 5.41) is 0. The number of rotatable bonds is 19. The Morgan fingerprint density at radius 1 is 0.818 bits per heavy atom. The van der Waals surface area contributed by atoms with Crippen LogP contribution in [-0.2, 0) is 28.2 Å². The number of phosphoric ester groups is 1. The number of phosphoric acid groups is 1. The monoisotopic (exact) mass is 486 g/mol. The van der Waals surface area contributed by atoms with Crippen LogP contribution in [0, 0.1) is 0 Å². The van der Waals surface area contributed by atoms with E-state index < -0.39 is 32.5 Å². The largest absolute Gasteiger partial charge is 0.469 e. The van der Waals surface area contributed by atoms with Gasteiger partial charge in [-0.2, -0.15) is 0 Å². The molecule has 0 amide bonds. The molecule has 1 unspecified atom stereocenters. The minimum absolute atomic E-state index is 0.136. The van der Waals surface area contributed by atoms with Gasteiger partial charge in [0, 0.05) is 12.8 Å². The lowest BCUT2D eigenvalue weighted by Crippen LogP contribution is -2.29. The van der Waals surface area contributed by atoms with Gasteiger partial charge in [0.15, 0.2) is 6.10 Å². The SMILES string of the molecule is CC/C=C\C/C=C\C/C=C\C/C=C\CCCCC(=O)OC(COC(=O)CC)COP(=O)(O)O. The van der Waals surface area contributed by atoms with Gasteiger partial charge in [-0.15, -0.1) is 0 Å². The Kier molecular flexibility index (Phi) is 19.4. The fourth-order valence-corrected chi connectivity index (χ4v) is 2.82. The van der Waals surface area contributed by atoms with E-state index in [1.165, 1.54) is 0 Å². The molecular weight excluding hydrogens is 447 g/mol. The highest BCUT2D eigenvalue weighted by atomic mass is 31.2. The number of carbonyl (C=O) groups is 2. The maximum Gasteiger partial charge on any atom is 0.469 e. The fraction of sp³-hybridized carbons (Fsp3) is 0.583. The van der Waals surface area contributed by atoms with Crippen molar-refractivity contribution in [1.29, 1.82) is 0 Å². The van der Waals surface area contributed by atoms with Crippen LogP contribution in [0.5, 0.6) is 0 Å². The molecule has 188 valence electrons. The predicted octanol–water partition coefficient (Wildman–Crippen LogP) is 5.33. The van der Waals surface area contributed by atoms with E-state index in [0.29, 0.717) is 6.42 Å². The molecule has 0 rings (SSSR count). The molecule has 0 aromatic rings. The molecule has 0 saturated heterocycles. The first-order valence-electron chi connectivity index (χ1n) is 11.4. The van der Waals surface area contributed by atoms with E-state index in [1.807, 2.05) is 0 Å². The van der Waals surface area contributed by atoms with Crippen LogP contribution < -0.4 is 0 Å². The maximum absolute atomic E-state index is 12.0. The van der Waals surface area contributed by atoms with Gasteiger partial charge in [0.05, 0.1) is 6.61 Å². The number of hydrogen-bond donors (Lipinski definition) is 2. The van der Waals surface area contributed by atoms with Crippen LogP contribution >= 0.6 is 7.82 Å². The summed E-state index contributed by atoms with van der Waals surface area (Å²) >= 11 is 0. The van der Waals surface area contributed by atoms with Crippen molar-refractivity contribution >= 4 is 19.8 Å². The topological polar surface area (TPSA) is 119 Å². The molecule has 1 atom stereocenters. The standard InChI is InChI=1S/C24H39O8P/c1-3-5-6-7-8-9-10-11-12-13-14-15-16-17-18-19-24(26)32-22(20-30-23(25)4-2)21-31-33(27,28)29/h5-6,8-9,11-12,14-15,22H,3-4,7,10,13,16-21H2,1-2H3,(H2,27,28,29)/b6-5-,9-8-,12-11-,15-14-. The Bertz CT molecular complexity index is 691. The molecule has 0 aromatic heterocycles. The Hall–Kier alpha value is -1.99. The van der Waals surface area contributed by atoms with Crippen molar-refractivity contribution in [2.24, 2.45) is 0 Å². The Morgan fingerprint density at radius 3 is 1.94 bits per heavy atom. The highest BCUT2D eigenvalue weighted by Crippen LogP contribution is 2.35. The van der Waals surface area contributed by atoms with Crippen molar-refractivity contribution in [3.8, 4) is 0 Å². The van der Waals surface area contributed by atoms with E-state index >= 15 is 0 Å². The van der Waals surface area contributed by atoms with Crippen LogP contribution in [-0.4, -0.2) is 41.0 Å². The molecule has 0 radical (unpaired) electrons. The first-order valence-corrected chi connectivity index (χ1v) is 13.0. The van der Waals surface area contributed by atoms with Gasteiger partial charge in [-0.1, -0.05) is 62.5 Å². The van der Waals surface area contributed by atoms with E-state index in [1.54, 1.807) is 6.92 Å². The minimum Gasteiger partial charge on any atom is -0.462 e. The summed E-state index contributed by atoms with van der Waals surface area (Å²) in [4.78, 5) is 40.8. The van der Waals surface area contributed by atoms with E-state index in [4.69, 9.17) is 19.3 Å². The average Bonchev–Trinajstić information content (AvgIpc) is 2.77. The first-order chi connectivity index (χ1) is 15.8. The average molecular weight is 487 g/mol. The lowest BCUT2D eigenvalue weighted by atomic mass is 10.2. The van der Waals surface area contributed by atoms with E-state index in [-0.39, 0.29) is 19.4 Å². The number of esters is 2. The van der Waals surface area contributed by atoms with Gasteiger partial charge in [0.1, 0.15) is 6.61 Å². The summed E-state index contributed by atoms with van der Waals surface area (Å²) in [5.41, 5.74) is 0. The summed E-state index contributed by atoms with van der Waals surface area (Å²) < 4.78 is 25.2. The summed E-state index contributed by atoms with van der Waals surface area (Å²) in [6, 6.07) is 0. The zero-order valence-corrected chi connectivity index (χ0v) is 20.7. The molecule has 0 spiro atoms. The predicted molar refractivity (Wildman–Crippen MR) is 128 cm³/mol. The zero-order valence-electron chi connectivity index (χ0n) is 19.8. The van der Waals surface area contributed by atoms with Crippen LogP contribution in [0.3, 0.4) is 0 Å². The Labute approximate surface area is 197 Å². The molecule has 0 fully saturated rings. The van der Waals surface area contributed by atoms with Crippen molar-refractivity contribution in [2.75, 3.05) is 13.2 Å². The number of unbranched alkanes of at least 4 members (excludes halogenated alkanes) is 2.